The van der Waals surface area contributed by atoms with Gasteiger partial charge in [-0.2, -0.15) is 0 Å². The first-order valence-electron chi connectivity index (χ1n) is 9.63. The first-order valence-corrected chi connectivity index (χ1v) is 9.63. The summed E-state index contributed by atoms with van der Waals surface area (Å²) in [6.07, 6.45) is 0.926. The molecule has 0 fully saturated rings. The number of ether oxygens (including phenoxy) is 2. The first kappa shape index (κ1) is 20.5. The molecule has 1 atom stereocenters. The van der Waals surface area contributed by atoms with Crippen molar-refractivity contribution in [2.24, 2.45) is 0 Å². The Labute approximate surface area is 171 Å². The number of nitrogens with zero attached hydrogens (tertiary/aromatic N) is 2. The van der Waals surface area contributed by atoms with Crippen molar-refractivity contribution in [1.82, 2.24) is 10.1 Å². The molecule has 1 amide bonds. The van der Waals surface area contributed by atoms with Crippen LogP contribution < -0.4 is 9.47 Å². The van der Waals surface area contributed by atoms with E-state index in [0.29, 0.717) is 18.7 Å². The van der Waals surface area contributed by atoms with Gasteiger partial charge in [-0.05, 0) is 37.6 Å². The van der Waals surface area contributed by atoms with Gasteiger partial charge in [0, 0.05) is 31.6 Å². The molecule has 0 bridgehead atoms. The molecule has 3 rings (SSSR count). The Kier molecular flexibility index (Phi) is 6.89. The van der Waals surface area contributed by atoms with E-state index in [1.165, 1.54) is 0 Å². The van der Waals surface area contributed by atoms with Crippen LogP contribution in [0.15, 0.2) is 65.2 Å². The van der Waals surface area contributed by atoms with Crippen molar-refractivity contribution in [3.8, 4) is 22.8 Å². The summed E-state index contributed by atoms with van der Waals surface area (Å²) in [5.41, 5.74) is 1.85. The van der Waals surface area contributed by atoms with E-state index in [4.69, 9.17) is 14.0 Å². The number of amides is 1. The molecular formula is C23H26N2O4. The Balaban J connectivity index is 1.45. The predicted molar refractivity (Wildman–Crippen MR) is 111 cm³/mol. The average Bonchev–Trinajstić information content (AvgIpc) is 3.23. The zero-order chi connectivity index (χ0) is 20.6. The summed E-state index contributed by atoms with van der Waals surface area (Å²) in [5, 5.41) is 4.12. The van der Waals surface area contributed by atoms with E-state index in [9.17, 15) is 4.79 Å². The van der Waals surface area contributed by atoms with E-state index in [2.05, 4.69) is 5.16 Å². The standard InChI is InChI=1S/C23H26N2O4/c1-17(28-20-13-11-19(27-3)12-14-20)23(26)25(2)15-7-10-21-16-22(24-29-21)18-8-5-4-6-9-18/h4-6,8-9,11-14,16-17H,7,10,15H2,1-3H3/t17-/m1/s1. The molecule has 3 aromatic rings. The maximum absolute atomic E-state index is 12.5. The van der Waals surface area contributed by atoms with E-state index < -0.39 is 6.10 Å². The number of carbonyl (C=O) groups is 1. The number of benzene rings is 2. The van der Waals surface area contributed by atoms with Crippen LogP contribution in [0.2, 0.25) is 0 Å². The van der Waals surface area contributed by atoms with E-state index in [1.54, 1.807) is 50.2 Å². The van der Waals surface area contributed by atoms with Gasteiger partial charge in [-0.1, -0.05) is 35.5 Å². The number of aromatic nitrogens is 1. The van der Waals surface area contributed by atoms with Crippen molar-refractivity contribution >= 4 is 5.91 Å². The summed E-state index contributed by atoms with van der Waals surface area (Å²) >= 11 is 0. The summed E-state index contributed by atoms with van der Waals surface area (Å²) in [7, 11) is 3.39. The highest BCUT2D eigenvalue weighted by molar-refractivity contribution is 5.80. The zero-order valence-corrected chi connectivity index (χ0v) is 17.0. The highest BCUT2D eigenvalue weighted by Gasteiger charge is 2.19. The summed E-state index contributed by atoms with van der Waals surface area (Å²) in [6.45, 7) is 2.36. The van der Waals surface area contributed by atoms with Gasteiger partial charge in [0.25, 0.3) is 5.91 Å². The molecule has 0 saturated heterocycles. The minimum atomic E-state index is -0.566. The second kappa shape index (κ2) is 9.78. The number of carbonyl (C=O) groups excluding carboxylic acids is 1. The lowest BCUT2D eigenvalue weighted by atomic mass is 10.1. The van der Waals surface area contributed by atoms with Crippen LogP contribution >= 0.6 is 0 Å². The fourth-order valence-corrected chi connectivity index (χ4v) is 3.00. The van der Waals surface area contributed by atoms with Gasteiger partial charge in [-0.3, -0.25) is 4.79 Å². The van der Waals surface area contributed by atoms with Gasteiger partial charge in [0.2, 0.25) is 0 Å². The van der Waals surface area contributed by atoms with Gasteiger partial charge in [0.1, 0.15) is 23.0 Å². The van der Waals surface area contributed by atoms with Crippen LogP contribution in [0.4, 0.5) is 0 Å². The molecule has 2 aromatic carbocycles. The minimum Gasteiger partial charge on any atom is -0.497 e. The van der Waals surface area contributed by atoms with Crippen LogP contribution in [0.1, 0.15) is 19.1 Å². The molecule has 6 heteroatoms. The molecule has 1 aromatic heterocycles. The van der Waals surface area contributed by atoms with Gasteiger partial charge < -0.3 is 18.9 Å². The monoisotopic (exact) mass is 394 g/mol. The summed E-state index contributed by atoms with van der Waals surface area (Å²) in [4.78, 5) is 14.2. The van der Waals surface area contributed by atoms with Crippen LogP contribution in [0.25, 0.3) is 11.3 Å². The van der Waals surface area contributed by atoms with Crippen molar-refractivity contribution in [2.45, 2.75) is 25.9 Å². The lowest BCUT2D eigenvalue weighted by Gasteiger charge is -2.22. The number of hydrogen-bond donors (Lipinski definition) is 0. The molecule has 0 saturated carbocycles. The quantitative estimate of drug-likeness (QED) is 0.544. The summed E-state index contributed by atoms with van der Waals surface area (Å²) < 4.78 is 16.3. The average molecular weight is 394 g/mol. The van der Waals surface area contributed by atoms with Crippen LogP contribution in [-0.2, 0) is 11.2 Å². The van der Waals surface area contributed by atoms with E-state index >= 15 is 0 Å². The summed E-state index contributed by atoms with van der Waals surface area (Å²) in [6, 6.07) is 19.0. The molecule has 0 aliphatic carbocycles. The molecule has 0 unspecified atom stereocenters. The van der Waals surface area contributed by atoms with Gasteiger partial charge in [0.15, 0.2) is 6.10 Å². The number of aryl methyl sites for hydroxylation is 1. The van der Waals surface area contributed by atoms with Crippen LogP contribution in [0.3, 0.4) is 0 Å². The Morgan fingerprint density at radius 3 is 2.48 bits per heavy atom. The third-order valence-corrected chi connectivity index (χ3v) is 4.64. The van der Waals surface area contributed by atoms with Crippen molar-refractivity contribution in [1.29, 1.82) is 0 Å². The minimum absolute atomic E-state index is 0.0663. The molecule has 1 heterocycles. The largest absolute Gasteiger partial charge is 0.497 e. The number of hydrogen-bond acceptors (Lipinski definition) is 5. The molecule has 0 spiro atoms. The lowest BCUT2D eigenvalue weighted by Crippen LogP contribution is -2.38. The smallest absolute Gasteiger partial charge is 0.263 e. The zero-order valence-electron chi connectivity index (χ0n) is 17.0. The molecular weight excluding hydrogens is 368 g/mol. The van der Waals surface area contributed by atoms with E-state index in [1.807, 2.05) is 36.4 Å². The normalized spacial score (nSPS) is 11.7. The van der Waals surface area contributed by atoms with Crippen LogP contribution in [0.5, 0.6) is 11.5 Å². The van der Waals surface area contributed by atoms with Crippen LogP contribution in [-0.4, -0.2) is 42.8 Å². The molecule has 29 heavy (non-hydrogen) atoms. The third-order valence-electron chi connectivity index (χ3n) is 4.64. The van der Waals surface area contributed by atoms with Gasteiger partial charge in [-0.15, -0.1) is 0 Å². The lowest BCUT2D eigenvalue weighted by molar-refractivity contribution is -0.136. The molecule has 0 radical (unpaired) electrons. The molecule has 6 nitrogen and oxygen atoms in total. The van der Waals surface area contributed by atoms with Crippen molar-refractivity contribution < 1.29 is 18.8 Å². The molecule has 152 valence electrons. The fraction of sp³-hybridized carbons (Fsp3) is 0.304. The molecule has 0 aliphatic rings. The maximum Gasteiger partial charge on any atom is 0.263 e. The third kappa shape index (κ3) is 5.60. The van der Waals surface area contributed by atoms with E-state index in [-0.39, 0.29) is 5.91 Å². The molecule has 0 N–H and O–H groups in total. The van der Waals surface area contributed by atoms with Gasteiger partial charge in [0.05, 0.1) is 7.11 Å². The fourth-order valence-electron chi connectivity index (χ4n) is 3.00. The summed E-state index contributed by atoms with van der Waals surface area (Å²) in [5.74, 6) is 2.13. The molecule has 0 aliphatic heterocycles. The number of rotatable bonds is 9. The maximum atomic E-state index is 12.5. The highest BCUT2D eigenvalue weighted by Crippen LogP contribution is 2.20. The SMILES string of the molecule is COc1ccc(O[C@H](C)C(=O)N(C)CCCc2cc(-c3ccccc3)no2)cc1. The van der Waals surface area contributed by atoms with Gasteiger partial charge in [-0.25, -0.2) is 0 Å². The van der Waals surface area contributed by atoms with Gasteiger partial charge >= 0.3 is 0 Å². The Morgan fingerprint density at radius 2 is 1.79 bits per heavy atom. The van der Waals surface area contributed by atoms with Crippen molar-refractivity contribution in [3.05, 3.63) is 66.4 Å². The Hall–Kier alpha value is -3.28. The van der Waals surface area contributed by atoms with E-state index in [0.717, 1.165) is 29.2 Å². The first-order chi connectivity index (χ1) is 14.1. The van der Waals surface area contributed by atoms with Crippen LogP contribution in [0, 0.1) is 0 Å². The number of methoxy groups -OCH3 is 1. The van der Waals surface area contributed by atoms with Crippen molar-refractivity contribution in [3.63, 3.8) is 0 Å². The Morgan fingerprint density at radius 1 is 1.10 bits per heavy atom. The topological polar surface area (TPSA) is 64.8 Å². The Bertz CT molecular complexity index is 906. The van der Waals surface area contributed by atoms with Crippen molar-refractivity contribution in [2.75, 3.05) is 20.7 Å². The number of likely N-dealkylation sites (N-methyl/N-ethyl adjacent to an activating group) is 1. The predicted octanol–water partition coefficient (Wildman–Crippen LogP) is 4.21. The second-order valence-electron chi connectivity index (χ2n) is 6.84. The second-order valence-corrected chi connectivity index (χ2v) is 6.84. The highest BCUT2D eigenvalue weighted by atomic mass is 16.5.